The Kier molecular flexibility index (Phi) is 3.09. The minimum atomic E-state index is -0.229. The molecule has 0 amide bonds. The van der Waals surface area contributed by atoms with Crippen LogP contribution in [0, 0.1) is 0 Å². The predicted octanol–water partition coefficient (Wildman–Crippen LogP) is 0.601. The lowest BCUT2D eigenvalue weighted by atomic mass is 9.84. The Labute approximate surface area is 80.7 Å². The van der Waals surface area contributed by atoms with E-state index in [2.05, 4.69) is 16.8 Å². The topological polar surface area (TPSA) is 23.6 Å². The van der Waals surface area contributed by atoms with Crippen LogP contribution in [0.1, 0.15) is 19.8 Å². The molecule has 0 bridgehead atoms. The summed E-state index contributed by atoms with van der Waals surface area (Å²) >= 11 is 0. The van der Waals surface area contributed by atoms with E-state index in [1.807, 2.05) is 14.1 Å². The van der Waals surface area contributed by atoms with Gasteiger partial charge in [0.05, 0.1) is 5.54 Å². The van der Waals surface area contributed by atoms with Gasteiger partial charge in [-0.2, -0.15) is 0 Å². The van der Waals surface area contributed by atoms with Crippen molar-refractivity contribution in [3.05, 3.63) is 0 Å². The van der Waals surface area contributed by atoms with Gasteiger partial charge in [0, 0.05) is 6.54 Å². The predicted molar refractivity (Wildman–Crippen MR) is 53.8 cm³/mol. The van der Waals surface area contributed by atoms with E-state index in [4.69, 9.17) is 0 Å². The smallest absolute Gasteiger partial charge is 0.151 e. The molecule has 0 aromatic rings. The maximum atomic E-state index is 11.6. The van der Waals surface area contributed by atoms with Crippen LogP contribution in [0.25, 0.3) is 0 Å². The van der Waals surface area contributed by atoms with Crippen LogP contribution < -0.4 is 0 Å². The molecule has 1 heterocycles. The molecule has 1 unspecified atom stereocenters. The lowest BCUT2D eigenvalue weighted by molar-refractivity contribution is -0.130. The summed E-state index contributed by atoms with van der Waals surface area (Å²) in [5.41, 5.74) is -0.229. The lowest BCUT2D eigenvalue weighted by Gasteiger charge is -2.44. The number of ketones is 1. The van der Waals surface area contributed by atoms with E-state index in [0.717, 1.165) is 25.9 Å². The number of nitrogens with zero attached hydrogens (tertiary/aromatic N) is 2. The van der Waals surface area contributed by atoms with Crippen LogP contribution in [0.15, 0.2) is 0 Å². The van der Waals surface area contributed by atoms with Gasteiger partial charge in [-0.1, -0.05) is 0 Å². The average molecular weight is 184 g/mol. The molecule has 1 aliphatic rings. The molecule has 3 nitrogen and oxygen atoms in total. The van der Waals surface area contributed by atoms with Crippen LogP contribution in [0.5, 0.6) is 0 Å². The fraction of sp³-hybridized carbons (Fsp3) is 0.900. The number of hydrogen-bond acceptors (Lipinski definition) is 3. The summed E-state index contributed by atoms with van der Waals surface area (Å²) < 4.78 is 0. The largest absolute Gasteiger partial charge is 0.304 e. The second-order valence-electron chi connectivity index (χ2n) is 4.32. The molecule has 0 aliphatic carbocycles. The van der Waals surface area contributed by atoms with Crippen molar-refractivity contribution in [1.82, 2.24) is 9.80 Å². The van der Waals surface area contributed by atoms with E-state index in [0.29, 0.717) is 5.78 Å². The number of hydrogen-bond donors (Lipinski definition) is 0. The van der Waals surface area contributed by atoms with Crippen LogP contribution in [0.4, 0.5) is 0 Å². The number of carbonyl (C=O) groups is 1. The van der Waals surface area contributed by atoms with Crippen LogP contribution in [-0.4, -0.2) is 55.4 Å². The molecule has 1 aliphatic heterocycles. The Hall–Kier alpha value is -0.410. The van der Waals surface area contributed by atoms with Crippen LogP contribution in [-0.2, 0) is 4.79 Å². The van der Waals surface area contributed by atoms with Crippen LogP contribution in [0.2, 0.25) is 0 Å². The summed E-state index contributed by atoms with van der Waals surface area (Å²) in [6.07, 6.45) is 2.12. The molecule has 0 radical (unpaired) electrons. The highest BCUT2D eigenvalue weighted by atomic mass is 16.1. The number of piperidine rings is 1. The minimum Gasteiger partial charge on any atom is -0.304 e. The second-order valence-corrected chi connectivity index (χ2v) is 4.32. The average Bonchev–Trinajstić information content (AvgIpc) is 2.03. The van der Waals surface area contributed by atoms with Gasteiger partial charge in [-0.05, 0) is 47.5 Å². The summed E-state index contributed by atoms with van der Waals surface area (Å²) in [5, 5.41) is 0. The molecule has 0 aromatic carbocycles. The summed E-state index contributed by atoms with van der Waals surface area (Å²) in [6, 6.07) is 0. The van der Waals surface area contributed by atoms with Crippen molar-refractivity contribution in [2.24, 2.45) is 0 Å². The fourth-order valence-electron chi connectivity index (χ4n) is 2.21. The van der Waals surface area contributed by atoms with Crippen molar-refractivity contribution in [2.45, 2.75) is 25.3 Å². The highest BCUT2D eigenvalue weighted by Gasteiger charge is 2.40. The standard InChI is InChI=1S/C10H20N2O/c1-9(13)10(11(2)3)6-5-7-12(4)8-10/h5-8H2,1-4H3. The molecule has 0 saturated carbocycles. The third-order valence-corrected chi connectivity index (χ3v) is 3.17. The molecule has 13 heavy (non-hydrogen) atoms. The Balaban J connectivity index is 2.83. The Bertz CT molecular complexity index is 203. The molecule has 0 N–H and O–H groups in total. The lowest BCUT2D eigenvalue weighted by Crippen LogP contribution is -2.59. The van der Waals surface area contributed by atoms with Gasteiger partial charge in [0.2, 0.25) is 0 Å². The SMILES string of the molecule is CC(=O)C1(N(C)C)CCCN(C)C1. The first kappa shape index (κ1) is 10.7. The van der Waals surface area contributed by atoms with E-state index >= 15 is 0 Å². The number of carbonyl (C=O) groups excluding carboxylic acids is 1. The molecular weight excluding hydrogens is 164 g/mol. The number of likely N-dealkylation sites (tertiary alicyclic amines) is 1. The third kappa shape index (κ3) is 1.92. The van der Waals surface area contributed by atoms with Crippen molar-refractivity contribution >= 4 is 5.78 Å². The maximum Gasteiger partial charge on any atom is 0.151 e. The van der Waals surface area contributed by atoms with Gasteiger partial charge >= 0.3 is 0 Å². The summed E-state index contributed by atoms with van der Waals surface area (Å²) in [5.74, 6) is 0.295. The maximum absolute atomic E-state index is 11.6. The highest BCUT2D eigenvalue weighted by Crippen LogP contribution is 2.25. The van der Waals surface area contributed by atoms with Gasteiger partial charge in [-0.15, -0.1) is 0 Å². The first-order valence-corrected chi connectivity index (χ1v) is 4.86. The number of Topliss-reactive ketones (excluding diaryl/α,β-unsaturated/α-hetero) is 1. The summed E-state index contributed by atoms with van der Waals surface area (Å²) in [7, 11) is 6.08. The quantitative estimate of drug-likeness (QED) is 0.628. The third-order valence-electron chi connectivity index (χ3n) is 3.17. The van der Waals surface area contributed by atoms with Gasteiger partial charge < -0.3 is 4.90 Å². The zero-order chi connectivity index (χ0) is 10.1. The van der Waals surface area contributed by atoms with Gasteiger partial charge in [-0.25, -0.2) is 0 Å². The van der Waals surface area contributed by atoms with E-state index in [-0.39, 0.29) is 5.54 Å². The molecule has 76 valence electrons. The molecule has 0 spiro atoms. The van der Waals surface area contributed by atoms with E-state index < -0.39 is 0 Å². The number of rotatable bonds is 2. The Morgan fingerprint density at radius 2 is 2.08 bits per heavy atom. The molecule has 0 aromatic heterocycles. The first-order valence-electron chi connectivity index (χ1n) is 4.86. The van der Waals surface area contributed by atoms with E-state index in [1.54, 1.807) is 6.92 Å². The van der Waals surface area contributed by atoms with E-state index in [9.17, 15) is 4.79 Å². The van der Waals surface area contributed by atoms with Gasteiger partial charge in [-0.3, -0.25) is 9.69 Å². The zero-order valence-electron chi connectivity index (χ0n) is 9.13. The Morgan fingerprint density at radius 1 is 1.46 bits per heavy atom. The zero-order valence-corrected chi connectivity index (χ0v) is 9.13. The van der Waals surface area contributed by atoms with Crippen LogP contribution >= 0.6 is 0 Å². The van der Waals surface area contributed by atoms with Crippen molar-refractivity contribution < 1.29 is 4.79 Å². The second kappa shape index (κ2) is 3.76. The highest BCUT2D eigenvalue weighted by molar-refractivity contribution is 5.86. The van der Waals surface area contributed by atoms with Crippen molar-refractivity contribution in [3.63, 3.8) is 0 Å². The van der Waals surface area contributed by atoms with Crippen molar-refractivity contribution in [1.29, 1.82) is 0 Å². The van der Waals surface area contributed by atoms with Crippen molar-refractivity contribution in [3.8, 4) is 0 Å². The fourth-order valence-corrected chi connectivity index (χ4v) is 2.21. The minimum absolute atomic E-state index is 0.229. The van der Waals surface area contributed by atoms with E-state index in [1.165, 1.54) is 0 Å². The van der Waals surface area contributed by atoms with Crippen LogP contribution in [0.3, 0.4) is 0 Å². The summed E-state index contributed by atoms with van der Waals surface area (Å²) in [4.78, 5) is 16.0. The van der Waals surface area contributed by atoms with Gasteiger partial charge in [0.15, 0.2) is 5.78 Å². The monoisotopic (exact) mass is 184 g/mol. The Morgan fingerprint density at radius 3 is 2.38 bits per heavy atom. The first-order chi connectivity index (χ1) is 5.99. The normalized spacial score (nSPS) is 30.8. The van der Waals surface area contributed by atoms with Gasteiger partial charge in [0.25, 0.3) is 0 Å². The molecule has 1 atom stereocenters. The molecule has 3 heteroatoms. The van der Waals surface area contributed by atoms with Gasteiger partial charge in [0.1, 0.15) is 0 Å². The molecule has 1 saturated heterocycles. The number of likely N-dealkylation sites (N-methyl/N-ethyl adjacent to an activating group) is 2. The molecule has 1 rings (SSSR count). The molecule has 1 fully saturated rings. The molecular formula is C10H20N2O. The van der Waals surface area contributed by atoms with Crippen molar-refractivity contribution in [2.75, 3.05) is 34.2 Å². The summed E-state index contributed by atoms with van der Waals surface area (Å²) in [6.45, 7) is 3.69.